The number of imidazole rings is 1. The zero-order valence-corrected chi connectivity index (χ0v) is 10.1. The van der Waals surface area contributed by atoms with Crippen LogP contribution in [0.1, 0.15) is 6.92 Å². The highest BCUT2D eigenvalue weighted by Gasteiger charge is 2.13. The van der Waals surface area contributed by atoms with Crippen LogP contribution in [0.2, 0.25) is 0 Å². The van der Waals surface area contributed by atoms with Crippen molar-refractivity contribution in [2.24, 2.45) is 0 Å². The smallest absolute Gasteiger partial charge is 0.162 e. The highest BCUT2D eigenvalue weighted by Crippen LogP contribution is 2.25. The maximum absolute atomic E-state index is 5.81. The van der Waals surface area contributed by atoms with Crippen LogP contribution in [0, 0.1) is 0 Å². The van der Waals surface area contributed by atoms with Crippen molar-refractivity contribution in [3.63, 3.8) is 0 Å². The van der Waals surface area contributed by atoms with Crippen molar-refractivity contribution < 1.29 is 0 Å². The SMILES string of the molecule is CCn1c(-c2csnn2)nc2ccc(N)cc21. The van der Waals surface area contributed by atoms with Crippen LogP contribution in [-0.4, -0.2) is 19.1 Å². The molecule has 0 aliphatic rings. The van der Waals surface area contributed by atoms with Gasteiger partial charge < -0.3 is 10.3 Å². The Morgan fingerprint density at radius 3 is 3.00 bits per heavy atom. The number of aromatic nitrogens is 4. The third kappa shape index (κ3) is 1.57. The van der Waals surface area contributed by atoms with Crippen LogP contribution in [-0.2, 0) is 6.54 Å². The molecule has 6 heteroatoms. The van der Waals surface area contributed by atoms with E-state index in [1.54, 1.807) is 0 Å². The van der Waals surface area contributed by atoms with E-state index >= 15 is 0 Å². The first-order valence-electron chi connectivity index (χ1n) is 5.33. The Labute approximate surface area is 102 Å². The van der Waals surface area contributed by atoms with Gasteiger partial charge in [0.2, 0.25) is 0 Å². The molecule has 0 bridgehead atoms. The molecule has 3 rings (SSSR count). The molecule has 0 amide bonds. The fourth-order valence-electron chi connectivity index (χ4n) is 1.92. The number of benzene rings is 1. The molecular weight excluding hydrogens is 234 g/mol. The minimum absolute atomic E-state index is 0.745. The van der Waals surface area contributed by atoms with E-state index in [1.807, 2.05) is 23.6 Å². The molecule has 17 heavy (non-hydrogen) atoms. The summed E-state index contributed by atoms with van der Waals surface area (Å²) in [5, 5.41) is 5.97. The highest BCUT2D eigenvalue weighted by molar-refractivity contribution is 7.03. The van der Waals surface area contributed by atoms with Crippen molar-refractivity contribution >= 4 is 28.3 Å². The number of nitrogens with zero attached hydrogens (tertiary/aromatic N) is 4. The Morgan fingerprint density at radius 2 is 2.29 bits per heavy atom. The molecule has 0 saturated heterocycles. The number of nitrogen functional groups attached to an aromatic ring is 1. The van der Waals surface area contributed by atoms with Crippen molar-refractivity contribution in [2.75, 3.05) is 5.73 Å². The Kier molecular flexibility index (Phi) is 2.29. The number of fused-ring (bicyclic) bond motifs is 1. The van der Waals surface area contributed by atoms with E-state index in [1.165, 1.54) is 11.5 Å². The minimum Gasteiger partial charge on any atom is -0.399 e. The summed E-state index contributed by atoms with van der Waals surface area (Å²) >= 11 is 1.33. The molecule has 3 aromatic rings. The lowest BCUT2D eigenvalue weighted by Gasteiger charge is -2.03. The van der Waals surface area contributed by atoms with Crippen LogP contribution in [0.3, 0.4) is 0 Å². The van der Waals surface area contributed by atoms with Crippen molar-refractivity contribution in [1.29, 1.82) is 0 Å². The van der Waals surface area contributed by atoms with Crippen LogP contribution in [0.25, 0.3) is 22.6 Å². The third-order valence-corrected chi connectivity index (χ3v) is 3.18. The van der Waals surface area contributed by atoms with Gasteiger partial charge in [0.15, 0.2) is 5.82 Å². The first-order chi connectivity index (χ1) is 8.29. The average Bonchev–Trinajstić information content (AvgIpc) is 2.94. The van der Waals surface area contributed by atoms with E-state index in [9.17, 15) is 0 Å². The maximum Gasteiger partial charge on any atom is 0.162 e. The Balaban J connectivity index is 2.32. The first-order valence-corrected chi connectivity index (χ1v) is 6.16. The monoisotopic (exact) mass is 245 g/mol. The quantitative estimate of drug-likeness (QED) is 0.702. The second-order valence-electron chi connectivity index (χ2n) is 3.72. The van der Waals surface area contributed by atoms with Gasteiger partial charge in [-0.2, -0.15) is 0 Å². The number of anilines is 1. The minimum atomic E-state index is 0.745. The first kappa shape index (κ1) is 10.2. The number of hydrogen-bond donors (Lipinski definition) is 1. The molecule has 0 fully saturated rings. The molecule has 0 radical (unpaired) electrons. The van der Waals surface area contributed by atoms with Gasteiger partial charge >= 0.3 is 0 Å². The number of rotatable bonds is 2. The lowest BCUT2D eigenvalue weighted by atomic mass is 10.3. The summed E-state index contributed by atoms with van der Waals surface area (Å²) in [4.78, 5) is 4.58. The van der Waals surface area contributed by atoms with E-state index in [-0.39, 0.29) is 0 Å². The summed E-state index contributed by atoms with van der Waals surface area (Å²) in [7, 11) is 0. The molecule has 0 spiro atoms. The van der Waals surface area contributed by atoms with E-state index in [0.29, 0.717) is 0 Å². The molecule has 2 N–H and O–H groups in total. The third-order valence-electron chi connectivity index (χ3n) is 2.68. The standard InChI is InChI=1S/C11H11N5S/c1-2-16-10-5-7(12)3-4-8(10)13-11(16)9-6-17-15-14-9/h3-6H,2,12H2,1H3. The van der Waals surface area contributed by atoms with Gasteiger partial charge in [0.25, 0.3) is 0 Å². The van der Waals surface area contributed by atoms with E-state index in [2.05, 4.69) is 26.1 Å². The van der Waals surface area contributed by atoms with Crippen LogP contribution in [0.5, 0.6) is 0 Å². The Morgan fingerprint density at radius 1 is 1.41 bits per heavy atom. The van der Waals surface area contributed by atoms with Crippen molar-refractivity contribution in [1.82, 2.24) is 19.1 Å². The van der Waals surface area contributed by atoms with Gasteiger partial charge in [-0.05, 0) is 36.7 Å². The highest BCUT2D eigenvalue weighted by atomic mass is 32.1. The van der Waals surface area contributed by atoms with E-state index in [0.717, 1.165) is 34.8 Å². The predicted molar refractivity (Wildman–Crippen MR) is 68.7 cm³/mol. The molecule has 0 atom stereocenters. The van der Waals surface area contributed by atoms with Gasteiger partial charge in [0, 0.05) is 17.6 Å². The zero-order valence-electron chi connectivity index (χ0n) is 9.29. The fourth-order valence-corrected chi connectivity index (χ4v) is 2.35. The fraction of sp³-hybridized carbons (Fsp3) is 0.182. The lowest BCUT2D eigenvalue weighted by molar-refractivity contribution is 0.792. The van der Waals surface area contributed by atoms with Gasteiger partial charge in [-0.15, -0.1) is 5.10 Å². The summed E-state index contributed by atoms with van der Waals surface area (Å²) in [6.45, 7) is 2.90. The molecule has 86 valence electrons. The van der Waals surface area contributed by atoms with Crippen molar-refractivity contribution in [2.45, 2.75) is 13.5 Å². The lowest BCUT2D eigenvalue weighted by Crippen LogP contribution is -1.98. The predicted octanol–water partition coefficient (Wildman–Crippen LogP) is 2.16. The Hall–Kier alpha value is -1.95. The van der Waals surface area contributed by atoms with Gasteiger partial charge in [-0.1, -0.05) is 4.49 Å². The molecule has 1 aromatic carbocycles. The molecule has 2 aromatic heterocycles. The van der Waals surface area contributed by atoms with Crippen LogP contribution >= 0.6 is 11.5 Å². The van der Waals surface area contributed by atoms with Crippen molar-refractivity contribution in [3.8, 4) is 11.5 Å². The molecule has 2 heterocycles. The van der Waals surface area contributed by atoms with E-state index < -0.39 is 0 Å². The largest absolute Gasteiger partial charge is 0.399 e. The summed E-state index contributed by atoms with van der Waals surface area (Å²) < 4.78 is 5.97. The summed E-state index contributed by atoms with van der Waals surface area (Å²) in [5.41, 5.74) is 9.34. The second-order valence-corrected chi connectivity index (χ2v) is 4.33. The van der Waals surface area contributed by atoms with Crippen LogP contribution in [0.4, 0.5) is 5.69 Å². The summed E-state index contributed by atoms with van der Waals surface area (Å²) in [6.07, 6.45) is 0. The molecule has 0 unspecified atom stereocenters. The topological polar surface area (TPSA) is 69.6 Å². The average molecular weight is 245 g/mol. The molecule has 0 aliphatic heterocycles. The maximum atomic E-state index is 5.81. The van der Waals surface area contributed by atoms with E-state index in [4.69, 9.17) is 5.73 Å². The van der Waals surface area contributed by atoms with Gasteiger partial charge in [0.05, 0.1) is 11.0 Å². The molecular formula is C11H11N5S. The number of aryl methyl sites for hydroxylation is 1. The molecule has 5 nitrogen and oxygen atoms in total. The van der Waals surface area contributed by atoms with Crippen LogP contribution in [0.15, 0.2) is 23.6 Å². The normalized spacial score (nSPS) is 11.1. The van der Waals surface area contributed by atoms with Gasteiger partial charge in [-0.25, -0.2) is 4.98 Å². The van der Waals surface area contributed by atoms with Crippen molar-refractivity contribution in [3.05, 3.63) is 23.6 Å². The van der Waals surface area contributed by atoms with Crippen LogP contribution < -0.4 is 5.73 Å². The van der Waals surface area contributed by atoms with Gasteiger partial charge in [-0.3, -0.25) is 0 Å². The zero-order chi connectivity index (χ0) is 11.8. The Bertz CT molecular complexity index is 656. The number of nitrogens with two attached hydrogens (primary N) is 1. The molecule has 0 aliphatic carbocycles. The van der Waals surface area contributed by atoms with Gasteiger partial charge in [0.1, 0.15) is 5.69 Å². The molecule has 0 saturated carbocycles. The summed E-state index contributed by atoms with van der Waals surface area (Å²) in [6, 6.07) is 5.73. The number of hydrogen-bond acceptors (Lipinski definition) is 5. The second kappa shape index (κ2) is 3.81. The summed E-state index contributed by atoms with van der Waals surface area (Å²) in [5.74, 6) is 0.849.